The van der Waals surface area contributed by atoms with Gasteiger partial charge in [0.2, 0.25) is 0 Å². The number of piperidine rings is 1. The molecule has 0 saturated carbocycles. The highest BCUT2D eigenvalue weighted by molar-refractivity contribution is 9.10. The molecule has 2 amide bonds. The number of carbonyl (C=O) groups is 2. The van der Waals surface area contributed by atoms with Crippen molar-refractivity contribution in [2.75, 3.05) is 18.0 Å². The molecule has 1 aromatic heterocycles. The maximum absolute atomic E-state index is 12.2. The van der Waals surface area contributed by atoms with Gasteiger partial charge in [-0.3, -0.25) is 4.79 Å². The van der Waals surface area contributed by atoms with E-state index < -0.39 is 11.7 Å². The lowest BCUT2D eigenvalue weighted by atomic mass is 10.0. The summed E-state index contributed by atoms with van der Waals surface area (Å²) in [4.78, 5) is 30.6. The van der Waals surface area contributed by atoms with E-state index in [0.29, 0.717) is 40.6 Å². The Hall–Kier alpha value is -1.54. The summed E-state index contributed by atoms with van der Waals surface area (Å²) in [7, 11) is 0. The van der Waals surface area contributed by atoms with Gasteiger partial charge in [-0.15, -0.1) is 0 Å². The van der Waals surface area contributed by atoms with Crippen LogP contribution in [0.2, 0.25) is 5.15 Å². The first-order chi connectivity index (χ1) is 12.2. The Labute approximate surface area is 165 Å². The van der Waals surface area contributed by atoms with Crippen molar-refractivity contribution in [1.29, 1.82) is 0 Å². The van der Waals surface area contributed by atoms with Crippen molar-refractivity contribution in [2.45, 2.75) is 51.8 Å². The molecule has 3 rings (SSSR count). The molecule has 0 aliphatic carbocycles. The molecule has 1 saturated heterocycles. The molecule has 0 spiro atoms. The highest BCUT2D eigenvalue weighted by Crippen LogP contribution is 2.36. The fraction of sp³-hybridized carbons (Fsp3) is 0.588. The third kappa shape index (κ3) is 4.06. The van der Waals surface area contributed by atoms with Gasteiger partial charge >= 0.3 is 6.09 Å². The van der Waals surface area contributed by atoms with E-state index in [2.05, 4.69) is 36.4 Å². The Morgan fingerprint density at radius 2 is 2.04 bits per heavy atom. The van der Waals surface area contributed by atoms with E-state index in [4.69, 9.17) is 16.3 Å². The number of alkyl carbamates (subject to hydrolysis) is 1. The number of hydrogen-bond donors (Lipinski definition) is 2. The van der Waals surface area contributed by atoms with Gasteiger partial charge in [-0.2, -0.15) is 0 Å². The Bertz CT molecular complexity index is 743. The second kappa shape index (κ2) is 7.23. The quantitative estimate of drug-likeness (QED) is 0.683. The van der Waals surface area contributed by atoms with Crippen LogP contribution in [-0.2, 0) is 11.3 Å². The number of fused-ring (bicyclic) bond motifs is 1. The van der Waals surface area contributed by atoms with E-state index in [1.165, 1.54) is 0 Å². The molecule has 1 aromatic rings. The number of aromatic nitrogens is 1. The summed E-state index contributed by atoms with van der Waals surface area (Å²) in [5, 5.41) is 6.08. The molecule has 142 valence electrons. The molecular weight excluding hydrogens is 424 g/mol. The first-order valence-corrected chi connectivity index (χ1v) is 9.73. The number of amides is 2. The van der Waals surface area contributed by atoms with Crippen molar-refractivity contribution in [1.82, 2.24) is 15.6 Å². The number of halogens is 2. The molecule has 0 atom stereocenters. The summed E-state index contributed by atoms with van der Waals surface area (Å²) in [6, 6.07) is 0.0360. The number of hydrogen-bond acceptors (Lipinski definition) is 5. The van der Waals surface area contributed by atoms with Gasteiger partial charge in [0.25, 0.3) is 5.91 Å². The maximum Gasteiger partial charge on any atom is 0.407 e. The predicted molar refractivity (Wildman–Crippen MR) is 103 cm³/mol. The molecule has 0 aromatic carbocycles. The largest absolute Gasteiger partial charge is 0.444 e. The fourth-order valence-electron chi connectivity index (χ4n) is 3.17. The average molecular weight is 446 g/mol. The van der Waals surface area contributed by atoms with Crippen LogP contribution in [0.5, 0.6) is 0 Å². The van der Waals surface area contributed by atoms with Crippen LogP contribution >= 0.6 is 27.5 Å². The van der Waals surface area contributed by atoms with Crippen LogP contribution in [0.3, 0.4) is 0 Å². The molecule has 7 nitrogen and oxygen atoms in total. The number of rotatable bonds is 2. The van der Waals surface area contributed by atoms with Gasteiger partial charge in [0.1, 0.15) is 16.6 Å². The monoisotopic (exact) mass is 444 g/mol. The lowest BCUT2D eigenvalue weighted by Gasteiger charge is -2.34. The van der Waals surface area contributed by atoms with Crippen molar-refractivity contribution in [3.8, 4) is 0 Å². The highest BCUT2D eigenvalue weighted by atomic mass is 79.9. The van der Waals surface area contributed by atoms with E-state index >= 15 is 0 Å². The molecule has 2 N–H and O–H groups in total. The summed E-state index contributed by atoms with van der Waals surface area (Å²) >= 11 is 9.64. The third-order valence-corrected chi connectivity index (χ3v) is 5.70. The number of ether oxygens (including phenoxy) is 1. The van der Waals surface area contributed by atoms with Gasteiger partial charge in [0.05, 0.1) is 10.0 Å². The predicted octanol–water partition coefficient (Wildman–Crippen LogP) is 3.23. The molecule has 0 bridgehead atoms. The Morgan fingerprint density at radius 3 is 2.65 bits per heavy atom. The summed E-state index contributed by atoms with van der Waals surface area (Å²) in [6.45, 7) is 7.30. The highest BCUT2D eigenvalue weighted by Gasteiger charge is 2.32. The van der Waals surface area contributed by atoms with Crippen LogP contribution in [-0.4, -0.2) is 41.7 Å². The van der Waals surface area contributed by atoms with E-state index in [1.807, 2.05) is 20.8 Å². The minimum absolute atomic E-state index is 0.0360. The van der Waals surface area contributed by atoms with Crippen LogP contribution in [0.25, 0.3) is 0 Å². The van der Waals surface area contributed by atoms with Gasteiger partial charge in [0.15, 0.2) is 0 Å². The van der Waals surface area contributed by atoms with Crippen molar-refractivity contribution >= 4 is 45.3 Å². The van der Waals surface area contributed by atoms with Crippen LogP contribution < -0.4 is 15.5 Å². The number of nitrogens with zero attached hydrogens (tertiary/aromatic N) is 2. The summed E-state index contributed by atoms with van der Waals surface area (Å²) in [5.41, 5.74) is 0.912. The number of anilines is 1. The van der Waals surface area contributed by atoms with Crippen molar-refractivity contribution in [2.24, 2.45) is 0 Å². The van der Waals surface area contributed by atoms with Gasteiger partial charge in [-0.25, -0.2) is 9.78 Å². The van der Waals surface area contributed by atoms with Gasteiger partial charge in [0, 0.05) is 31.2 Å². The maximum atomic E-state index is 12.2. The molecule has 2 aliphatic rings. The van der Waals surface area contributed by atoms with Crippen LogP contribution in [0.4, 0.5) is 10.6 Å². The molecule has 0 unspecified atom stereocenters. The Kier molecular flexibility index (Phi) is 5.35. The zero-order chi connectivity index (χ0) is 19.1. The first kappa shape index (κ1) is 19.2. The number of nitrogens with one attached hydrogen (secondary N) is 2. The van der Waals surface area contributed by atoms with Crippen molar-refractivity contribution < 1.29 is 14.3 Å². The zero-order valence-corrected chi connectivity index (χ0v) is 17.3. The molecule has 3 heterocycles. The van der Waals surface area contributed by atoms with Crippen molar-refractivity contribution in [3.63, 3.8) is 0 Å². The molecular formula is C17H22BrClN4O3. The third-order valence-electron chi connectivity index (χ3n) is 4.34. The molecule has 9 heteroatoms. The van der Waals surface area contributed by atoms with Gasteiger partial charge in [-0.1, -0.05) is 11.6 Å². The van der Waals surface area contributed by atoms with E-state index in [-0.39, 0.29) is 11.9 Å². The molecule has 1 fully saturated rings. The van der Waals surface area contributed by atoms with E-state index in [9.17, 15) is 9.59 Å². The minimum Gasteiger partial charge on any atom is -0.444 e. The molecule has 26 heavy (non-hydrogen) atoms. The number of carbonyl (C=O) groups excluding carboxylic acids is 2. The lowest BCUT2D eigenvalue weighted by molar-refractivity contribution is 0.0497. The minimum atomic E-state index is -0.517. The Balaban J connectivity index is 1.68. The normalized spacial score (nSPS) is 17.7. The van der Waals surface area contributed by atoms with E-state index in [0.717, 1.165) is 18.4 Å². The van der Waals surface area contributed by atoms with Crippen LogP contribution in [0.15, 0.2) is 4.47 Å². The summed E-state index contributed by atoms with van der Waals surface area (Å²) < 4.78 is 5.97. The SMILES string of the molecule is CC(C)(C)OC(=O)NC1CCN(c2nc(Cl)c(Br)c3c2C(=O)NC3)CC1. The van der Waals surface area contributed by atoms with E-state index in [1.54, 1.807) is 0 Å². The van der Waals surface area contributed by atoms with Crippen LogP contribution in [0, 0.1) is 0 Å². The Morgan fingerprint density at radius 1 is 1.38 bits per heavy atom. The summed E-state index contributed by atoms with van der Waals surface area (Å²) in [5.74, 6) is 0.479. The second-order valence-corrected chi connectivity index (χ2v) is 8.63. The number of pyridine rings is 1. The average Bonchev–Trinajstić information content (AvgIpc) is 2.92. The first-order valence-electron chi connectivity index (χ1n) is 8.56. The topological polar surface area (TPSA) is 83.6 Å². The smallest absolute Gasteiger partial charge is 0.407 e. The van der Waals surface area contributed by atoms with Crippen molar-refractivity contribution in [3.05, 3.63) is 20.8 Å². The van der Waals surface area contributed by atoms with Gasteiger partial charge < -0.3 is 20.3 Å². The fourth-order valence-corrected chi connectivity index (χ4v) is 3.79. The summed E-state index contributed by atoms with van der Waals surface area (Å²) in [6.07, 6.45) is 1.08. The zero-order valence-electron chi connectivity index (χ0n) is 15.0. The molecule has 0 radical (unpaired) electrons. The van der Waals surface area contributed by atoms with Crippen LogP contribution in [0.1, 0.15) is 49.5 Å². The second-order valence-electron chi connectivity index (χ2n) is 7.48. The lowest BCUT2D eigenvalue weighted by Crippen LogP contribution is -2.46. The van der Waals surface area contributed by atoms with Gasteiger partial charge in [-0.05, 0) is 49.5 Å². The molecule has 2 aliphatic heterocycles. The standard InChI is InChI=1S/C17H22BrClN4O3/c1-17(2,3)26-16(25)21-9-4-6-23(7-5-9)14-11-10(8-20-15(11)24)12(18)13(19)22-14/h9H,4-8H2,1-3H3,(H,20,24)(H,21,25).